The molecule has 4 rings (SSSR count). The fourth-order valence-corrected chi connectivity index (χ4v) is 3.54. The summed E-state index contributed by atoms with van der Waals surface area (Å²) in [7, 11) is 0. The van der Waals surface area contributed by atoms with Crippen molar-refractivity contribution in [2.45, 2.75) is 13.1 Å². The highest BCUT2D eigenvalue weighted by atomic mass is 32.1. The van der Waals surface area contributed by atoms with Crippen LogP contribution in [-0.4, -0.2) is 16.3 Å². The number of benzene rings is 2. The zero-order valence-corrected chi connectivity index (χ0v) is 14.2. The van der Waals surface area contributed by atoms with Gasteiger partial charge in [0.1, 0.15) is 0 Å². The molecule has 0 aliphatic rings. The Kier molecular flexibility index (Phi) is 4.40. The Balaban J connectivity index is 1.45. The SMILES string of the molecule is c1ccc(CNCCn2ncc3ccc(-c4ccsc4)cc32)cc1. The summed E-state index contributed by atoms with van der Waals surface area (Å²) in [5.41, 5.74) is 5.03. The molecule has 3 nitrogen and oxygen atoms in total. The third-order valence-corrected chi connectivity index (χ3v) is 4.85. The molecule has 0 bridgehead atoms. The number of fused-ring (bicyclic) bond motifs is 1. The Morgan fingerprint density at radius 2 is 1.92 bits per heavy atom. The number of thiophene rings is 1. The molecule has 2 aromatic heterocycles. The summed E-state index contributed by atoms with van der Waals surface area (Å²) in [5.74, 6) is 0. The Bertz CT molecular complexity index is 911. The lowest BCUT2D eigenvalue weighted by molar-refractivity contribution is 0.567. The molecule has 4 heteroatoms. The molecule has 0 saturated heterocycles. The number of hydrogen-bond acceptors (Lipinski definition) is 3. The third-order valence-electron chi connectivity index (χ3n) is 4.17. The van der Waals surface area contributed by atoms with Crippen molar-refractivity contribution in [1.82, 2.24) is 15.1 Å². The Labute approximate surface area is 145 Å². The van der Waals surface area contributed by atoms with Crippen molar-refractivity contribution < 1.29 is 0 Å². The zero-order valence-electron chi connectivity index (χ0n) is 13.4. The lowest BCUT2D eigenvalue weighted by Crippen LogP contribution is -2.19. The molecule has 24 heavy (non-hydrogen) atoms. The number of hydrogen-bond donors (Lipinski definition) is 1. The van der Waals surface area contributed by atoms with Gasteiger partial charge in [0.15, 0.2) is 0 Å². The van der Waals surface area contributed by atoms with E-state index in [4.69, 9.17) is 0 Å². The van der Waals surface area contributed by atoms with E-state index in [1.807, 2.05) is 12.3 Å². The lowest BCUT2D eigenvalue weighted by atomic mass is 10.1. The van der Waals surface area contributed by atoms with Gasteiger partial charge in [-0.25, -0.2) is 0 Å². The molecule has 0 radical (unpaired) electrons. The van der Waals surface area contributed by atoms with Gasteiger partial charge in [-0.2, -0.15) is 16.4 Å². The fraction of sp³-hybridized carbons (Fsp3) is 0.150. The number of aromatic nitrogens is 2. The normalized spacial score (nSPS) is 11.2. The van der Waals surface area contributed by atoms with Gasteiger partial charge in [0.05, 0.1) is 18.3 Å². The molecule has 0 amide bonds. The van der Waals surface area contributed by atoms with Crippen LogP contribution in [0.2, 0.25) is 0 Å². The van der Waals surface area contributed by atoms with Crippen molar-refractivity contribution in [3.8, 4) is 11.1 Å². The summed E-state index contributed by atoms with van der Waals surface area (Å²) in [5, 5.41) is 13.5. The van der Waals surface area contributed by atoms with Gasteiger partial charge in [-0.1, -0.05) is 42.5 Å². The molecule has 1 N–H and O–H groups in total. The second-order valence-electron chi connectivity index (χ2n) is 5.82. The van der Waals surface area contributed by atoms with E-state index in [1.165, 1.54) is 27.6 Å². The molecular weight excluding hydrogens is 314 g/mol. The highest BCUT2D eigenvalue weighted by molar-refractivity contribution is 7.08. The first-order chi connectivity index (χ1) is 11.9. The van der Waals surface area contributed by atoms with Crippen LogP contribution < -0.4 is 5.32 Å². The van der Waals surface area contributed by atoms with E-state index in [0.717, 1.165) is 19.6 Å². The zero-order chi connectivity index (χ0) is 16.2. The molecule has 2 heterocycles. The first kappa shape index (κ1) is 15.1. The summed E-state index contributed by atoms with van der Waals surface area (Å²) >= 11 is 1.73. The average molecular weight is 333 g/mol. The molecule has 4 aromatic rings. The predicted octanol–water partition coefficient (Wildman–Crippen LogP) is 4.55. The highest BCUT2D eigenvalue weighted by Crippen LogP contribution is 2.26. The van der Waals surface area contributed by atoms with Crippen molar-refractivity contribution in [2.75, 3.05) is 6.54 Å². The van der Waals surface area contributed by atoms with E-state index in [1.54, 1.807) is 11.3 Å². The Hall–Kier alpha value is -2.43. The van der Waals surface area contributed by atoms with Gasteiger partial charge in [0, 0.05) is 18.5 Å². The van der Waals surface area contributed by atoms with Crippen LogP contribution in [-0.2, 0) is 13.1 Å². The van der Waals surface area contributed by atoms with E-state index >= 15 is 0 Å². The molecule has 0 spiro atoms. The van der Waals surface area contributed by atoms with Crippen molar-refractivity contribution in [1.29, 1.82) is 0 Å². The molecule has 120 valence electrons. The molecular formula is C20H19N3S. The van der Waals surface area contributed by atoms with Gasteiger partial charge >= 0.3 is 0 Å². The summed E-state index contributed by atoms with van der Waals surface area (Å²) in [4.78, 5) is 0. The first-order valence-corrected chi connectivity index (χ1v) is 9.07. The van der Waals surface area contributed by atoms with Crippen LogP contribution in [0.5, 0.6) is 0 Å². The predicted molar refractivity (Wildman–Crippen MR) is 101 cm³/mol. The topological polar surface area (TPSA) is 29.9 Å². The number of nitrogens with zero attached hydrogens (tertiary/aromatic N) is 2. The van der Waals surface area contributed by atoms with Crippen LogP contribution in [0.25, 0.3) is 22.0 Å². The second-order valence-corrected chi connectivity index (χ2v) is 6.60. The van der Waals surface area contributed by atoms with Crippen LogP contribution in [0.3, 0.4) is 0 Å². The molecule has 2 aromatic carbocycles. The van der Waals surface area contributed by atoms with E-state index in [0.29, 0.717) is 0 Å². The van der Waals surface area contributed by atoms with Crippen LogP contribution in [0.15, 0.2) is 71.6 Å². The molecule has 0 unspecified atom stereocenters. The van der Waals surface area contributed by atoms with Gasteiger partial charge in [-0.05, 0) is 39.6 Å². The fourth-order valence-electron chi connectivity index (χ4n) is 2.87. The first-order valence-electron chi connectivity index (χ1n) is 8.13. The number of nitrogens with one attached hydrogen (secondary N) is 1. The minimum Gasteiger partial charge on any atom is -0.311 e. The van der Waals surface area contributed by atoms with Crippen molar-refractivity contribution in [3.05, 3.63) is 77.1 Å². The molecule has 0 atom stereocenters. The summed E-state index contributed by atoms with van der Waals surface area (Å²) in [6.45, 7) is 2.65. The molecule has 0 fully saturated rings. The maximum Gasteiger partial charge on any atom is 0.0689 e. The van der Waals surface area contributed by atoms with E-state index < -0.39 is 0 Å². The standard InChI is InChI=1S/C20H19N3S/c1-2-4-16(5-3-1)13-21-9-10-23-20-12-17(19-8-11-24-15-19)6-7-18(20)14-22-23/h1-8,11-12,14-15,21H,9-10,13H2. The number of rotatable bonds is 6. The van der Waals surface area contributed by atoms with Crippen LogP contribution >= 0.6 is 11.3 Å². The van der Waals surface area contributed by atoms with Gasteiger partial charge in [0.2, 0.25) is 0 Å². The maximum absolute atomic E-state index is 4.54. The highest BCUT2D eigenvalue weighted by Gasteiger charge is 2.05. The van der Waals surface area contributed by atoms with Gasteiger partial charge in [0.25, 0.3) is 0 Å². The van der Waals surface area contributed by atoms with E-state index in [-0.39, 0.29) is 0 Å². The minimum atomic E-state index is 0.865. The summed E-state index contributed by atoms with van der Waals surface area (Å²) in [6.07, 6.45) is 1.95. The van der Waals surface area contributed by atoms with Crippen molar-refractivity contribution in [2.24, 2.45) is 0 Å². The molecule has 0 aliphatic carbocycles. The smallest absolute Gasteiger partial charge is 0.0689 e. The van der Waals surface area contributed by atoms with Gasteiger partial charge in [-0.15, -0.1) is 0 Å². The third kappa shape index (κ3) is 3.25. The summed E-state index contributed by atoms with van der Waals surface area (Å²) < 4.78 is 2.09. The van der Waals surface area contributed by atoms with E-state index in [9.17, 15) is 0 Å². The van der Waals surface area contributed by atoms with Crippen molar-refractivity contribution >= 4 is 22.2 Å². The van der Waals surface area contributed by atoms with Crippen LogP contribution in [0, 0.1) is 0 Å². The van der Waals surface area contributed by atoms with Gasteiger partial charge < -0.3 is 5.32 Å². The van der Waals surface area contributed by atoms with Gasteiger partial charge in [-0.3, -0.25) is 4.68 Å². The van der Waals surface area contributed by atoms with Crippen LogP contribution in [0.1, 0.15) is 5.56 Å². The van der Waals surface area contributed by atoms with Crippen molar-refractivity contribution in [3.63, 3.8) is 0 Å². The molecule has 0 aliphatic heterocycles. The monoisotopic (exact) mass is 333 g/mol. The maximum atomic E-state index is 4.54. The van der Waals surface area contributed by atoms with Crippen LogP contribution in [0.4, 0.5) is 0 Å². The Morgan fingerprint density at radius 3 is 2.75 bits per heavy atom. The minimum absolute atomic E-state index is 0.865. The quantitative estimate of drug-likeness (QED) is 0.524. The van der Waals surface area contributed by atoms with E-state index in [2.05, 4.69) is 74.4 Å². The lowest BCUT2D eigenvalue weighted by Gasteiger charge is -2.07. The summed E-state index contributed by atoms with van der Waals surface area (Å²) in [6, 6.07) is 19.2. The molecule has 0 saturated carbocycles. The largest absolute Gasteiger partial charge is 0.311 e. The average Bonchev–Trinajstić information content (AvgIpc) is 3.29. The Morgan fingerprint density at radius 1 is 1.00 bits per heavy atom. The second kappa shape index (κ2) is 6.99.